The van der Waals surface area contributed by atoms with Crippen LogP contribution in [0, 0.1) is 0 Å². The lowest BCUT2D eigenvalue weighted by Gasteiger charge is -2.28. The highest BCUT2D eigenvalue weighted by Gasteiger charge is 2.30. The van der Waals surface area contributed by atoms with Crippen molar-refractivity contribution in [1.82, 2.24) is 4.90 Å². The molecule has 0 spiro atoms. The highest BCUT2D eigenvalue weighted by molar-refractivity contribution is 5.83. The molecule has 1 atom stereocenters. The zero-order valence-electron chi connectivity index (χ0n) is 11.5. The maximum Gasteiger partial charge on any atom is 0.331 e. The number of amides is 1. The maximum atomic E-state index is 11.7. The van der Waals surface area contributed by atoms with Gasteiger partial charge in [-0.25, -0.2) is 4.79 Å². The molecule has 1 aliphatic heterocycles. The minimum atomic E-state index is -1.06. The van der Waals surface area contributed by atoms with Gasteiger partial charge in [0.15, 0.2) is 17.5 Å². The molecule has 0 fully saturated rings. The van der Waals surface area contributed by atoms with Gasteiger partial charge < -0.3 is 19.5 Å². The first-order chi connectivity index (χ1) is 9.54. The number of aliphatic carboxylic acids is 1. The maximum absolute atomic E-state index is 11.7. The Balaban J connectivity index is 2.37. The van der Waals surface area contributed by atoms with Crippen LogP contribution < -0.4 is 9.47 Å². The quantitative estimate of drug-likeness (QED) is 0.889. The van der Waals surface area contributed by atoms with Gasteiger partial charge in [0.1, 0.15) is 0 Å². The van der Waals surface area contributed by atoms with Gasteiger partial charge in [-0.1, -0.05) is 13.0 Å². The Morgan fingerprint density at radius 3 is 2.65 bits per heavy atom. The van der Waals surface area contributed by atoms with E-state index in [0.29, 0.717) is 30.0 Å². The fourth-order valence-electron chi connectivity index (χ4n) is 2.25. The lowest BCUT2D eigenvalue weighted by Crippen LogP contribution is -2.38. The van der Waals surface area contributed by atoms with E-state index >= 15 is 0 Å². The van der Waals surface area contributed by atoms with Crippen molar-refractivity contribution < 1.29 is 24.2 Å². The zero-order chi connectivity index (χ0) is 14.7. The number of hydrogen-bond donors (Lipinski definition) is 1. The monoisotopic (exact) mass is 279 g/mol. The molecular weight excluding hydrogens is 262 g/mol. The summed E-state index contributed by atoms with van der Waals surface area (Å²) in [6.45, 7) is 3.79. The second kappa shape index (κ2) is 5.81. The number of nitrogens with zero attached hydrogens (tertiary/aromatic N) is 1. The van der Waals surface area contributed by atoms with Crippen molar-refractivity contribution in [3.8, 4) is 11.5 Å². The van der Waals surface area contributed by atoms with Crippen LogP contribution >= 0.6 is 0 Å². The van der Waals surface area contributed by atoms with E-state index in [1.54, 1.807) is 18.2 Å². The van der Waals surface area contributed by atoms with Crippen molar-refractivity contribution in [2.45, 2.75) is 26.3 Å². The van der Waals surface area contributed by atoms with E-state index in [9.17, 15) is 14.7 Å². The summed E-state index contributed by atoms with van der Waals surface area (Å²) in [6, 6.07) is 3.92. The molecular formula is C14H17NO5. The summed E-state index contributed by atoms with van der Waals surface area (Å²) in [5.41, 5.74) is 0.505. The molecule has 0 aliphatic carbocycles. The summed E-state index contributed by atoms with van der Waals surface area (Å²) < 4.78 is 10.4. The topological polar surface area (TPSA) is 76.1 Å². The summed E-state index contributed by atoms with van der Waals surface area (Å²) >= 11 is 0. The van der Waals surface area contributed by atoms with Crippen LogP contribution in [0.2, 0.25) is 0 Å². The van der Waals surface area contributed by atoms with Crippen LogP contribution in [0.4, 0.5) is 0 Å². The molecule has 0 radical (unpaired) electrons. The highest BCUT2D eigenvalue weighted by Crippen LogP contribution is 2.35. The van der Waals surface area contributed by atoms with Crippen molar-refractivity contribution in [3.05, 3.63) is 23.8 Å². The molecule has 1 amide bonds. The van der Waals surface area contributed by atoms with Gasteiger partial charge in [0.25, 0.3) is 0 Å². The van der Waals surface area contributed by atoms with Gasteiger partial charge in [0.2, 0.25) is 12.7 Å². The SMILES string of the molecule is CCCN(C(C)=O)C(C(=O)O)c1ccc2c(c1)OCO2. The molecule has 0 saturated carbocycles. The number of carboxylic acids is 1. The molecule has 6 nitrogen and oxygen atoms in total. The normalized spacial score (nSPS) is 13.9. The number of carbonyl (C=O) groups is 2. The predicted octanol–water partition coefficient (Wildman–Crippen LogP) is 1.80. The molecule has 1 unspecified atom stereocenters. The van der Waals surface area contributed by atoms with Crippen LogP contribution in [-0.4, -0.2) is 35.2 Å². The molecule has 1 N–H and O–H groups in total. The van der Waals surface area contributed by atoms with Gasteiger partial charge in [-0.15, -0.1) is 0 Å². The molecule has 0 aromatic heterocycles. The summed E-state index contributed by atoms with van der Waals surface area (Å²) in [5.74, 6) is -0.235. The Kier molecular flexibility index (Phi) is 4.12. The number of ether oxygens (including phenoxy) is 2. The number of benzene rings is 1. The second-order valence-corrected chi connectivity index (χ2v) is 4.57. The third-order valence-corrected chi connectivity index (χ3v) is 3.13. The summed E-state index contributed by atoms with van der Waals surface area (Å²) in [5, 5.41) is 9.46. The Morgan fingerprint density at radius 1 is 1.35 bits per heavy atom. The molecule has 0 bridgehead atoms. The standard InChI is InChI=1S/C14H17NO5/c1-3-6-15(9(2)16)13(14(17)18)10-4-5-11-12(7-10)20-8-19-11/h4-5,7,13H,3,6,8H2,1-2H3,(H,17,18). The zero-order valence-corrected chi connectivity index (χ0v) is 11.5. The molecule has 6 heteroatoms. The number of hydrogen-bond acceptors (Lipinski definition) is 4. The van der Waals surface area contributed by atoms with Crippen LogP contribution in [0.1, 0.15) is 31.9 Å². The van der Waals surface area contributed by atoms with E-state index in [-0.39, 0.29) is 12.7 Å². The van der Waals surface area contributed by atoms with Gasteiger partial charge in [-0.2, -0.15) is 0 Å². The van der Waals surface area contributed by atoms with Crippen LogP contribution in [0.25, 0.3) is 0 Å². The molecule has 0 saturated heterocycles. The first kappa shape index (κ1) is 14.2. The van der Waals surface area contributed by atoms with Crippen LogP contribution in [0.3, 0.4) is 0 Å². The lowest BCUT2D eigenvalue weighted by atomic mass is 10.0. The lowest BCUT2D eigenvalue weighted by molar-refractivity contribution is -0.149. The van der Waals surface area contributed by atoms with Crippen molar-refractivity contribution in [1.29, 1.82) is 0 Å². The van der Waals surface area contributed by atoms with Crippen LogP contribution in [0.15, 0.2) is 18.2 Å². The van der Waals surface area contributed by atoms with Crippen LogP contribution in [0.5, 0.6) is 11.5 Å². The van der Waals surface area contributed by atoms with Gasteiger partial charge in [0, 0.05) is 13.5 Å². The summed E-state index contributed by atoms with van der Waals surface area (Å²) in [7, 11) is 0. The molecule has 1 aromatic rings. The van der Waals surface area contributed by atoms with Gasteiger partial charge in [-0.05, 0) is 24.1 Å². The Bertz CT molecular complexity index is 528. The first-order valence-corrected chi connectivity index (χ1v) is 6.44. The third kappa shape index (κ3) is 2.68. The predicted molar refractivity (Wildman–Crippen MR) is 70.6 cm³/mol. The van der Waals surface area contributed by atoms with Crippen molar-refractivity contribution in [2.75, 3.05) is 13.3 Å². The van der Waals surface area contributed by atoms with Gasteiger partial charge in [0.05, 0.1) is 0 Å². The molecule has 1 aliphatic rings. The fourth-order valence-corrected chi connectivity index (χ4v) is 2.25. The number of fused-ring (bicyclic) bond motifs is 1. The average molecular weight is 279 g/mol. The number of carboxylic acid groups (broad SMARTS) is 1. The minimum absolute atomic E-state index is 0.127. The first-order valence-electron chi connectivity index (χ1n) is 6.44. The fraction of sp³-hybridized carbons (Fsp3) is 0.429. The summed E-state index contributed by atoms with van der Waals surface area (Å²) in [4.78, 5) is 24.6. The van der Waals surface area contributed by atoms with E-state index in [0.717, 1.165) is 0 Å². The highest BCUT2D eigenvalue weighted by atomic mass is 16.7. The average Bonchev–Trinajstić information content (AvgIpc) is 2.85. The molecule has 2 rings (SSSR count). The Morgan fingerprint density at radius 2 is 2.05 bits per heavy atom. The van der Waals surface area contributed by atoms with E-state index in [1.165, 1.54) is 11.8 Å². The van der Waals surface area contributed by atoms with Gasteiger partial charge in [-0.3, -0.25) is 4.79 Å². The van der Waals surface area contributed by atoms with Crippen molar-refractivity contribution >= 4 is 11.9 Å². The van der Waals surface area contributed by atoms with Crippen molar-refractivity contribution in [3.63, 3.8) is 0 Å². The van der Waals surface area contributed by atoms with E-state index in [1.807, 2.05) is 6.92 Å². The van der Waals surface area contributed by atoms with Crippen molar-refractivity contribution in [2.24, 2.45) is 0 Å². The molecule has 1 aromatic carbocycles. The summed E-state index contributed by atoms with van der Waals surface area (Å²) in [6.07, 6.45) is 0.688. The molecule has 20 heavy (non-hydrogen) atoms. The second-order valence-electron chi connectivity index (χ2n) is 4.57. The Hall–Kier alpha value is -2.24. The van der Waals surface area contributed by atoms with E-state index in [2.05, 4.69) is 0 Å². The minimum Gasteiger partial charge on any atom is -0.479 e. The Labute approximate surface area is 116 Å². The largest absolute Gasteiger partial charge is 0.479 e. The smallest absolute Gasteiger partial charge is 0.331 e. The number of rotatable bonds is 5. The van der Waals surface area contributed by atoms with Gasteiger partial charge >= 0.3 is 5.97 Å². The molecule has 108 valence electrons. The molecule has 1 heterocycles. The van der Waals surface area contributed by atoms with E-state index < -0.39 is 12.0 Å². The third-order valence-electron chi connectivity index (χ3n) is 3.13. The van der Waals surface area contributed by atoms with E-state index in [4.69, 9.17) is 9.47 Å². The number of carbonyl (C=O) groups excluding carboxylic acids is 1. The van der Waals surface area contributed by atoms with Crippen LogP contribution in [-0.2, 0) is 9.59 Å².